The van der Waals surface area contributed by atoms with Gasteiger partial charge in [0.05, 0.1) is 17.2 Å². The van der Waals surface area contributed by atoms with Crippen molar-refractivity contribution in [3.63, 3.8) is 0 Å². The molecule has 7 heteroatoms. The van der Waals surface area contributed by atoms with Gasteiger partial charge in [-0.2, -0.15) is 5.26 Å². The van der Waals surface area contributed by atoms with E-state index < -0.39 is 10.7 Å². The van der Waals surface area contributed by atoms with Crippen LogP contribution in [0.1, 0.15) is 11.5 Å². The number of hydrogen-bond donors (Lipinski definition) is 1. The van der Waals surface area contributed by atoms with Gasteiger partial charge in [0.15, 0.2) is 0 Å². The number of anilines is 1. The number of nitriles is 1. The molecule has 96 valence electrons. The number of rotatable bonds is 4. The van der Waals surface area contributed by atoms with E-state index in [1.165, 1.54) is 6.07 Å². The number of furan rings is 1. The molecule has 1 aromatic carbocycles. The second-order valence-corrected chi connectivity index (χ2v) is 3.65. The Bertz CT molecular complexity index is 660. The van der Waals surface area contributed by atoms with Crippen molar-refractivity contribution in [3.8, 4) is 6.07 Å². The number of nitrogens with zero attached hydrogens (tertiary/aromatic N) is 2. The molecule has 2 rings (SSSR count). The molecule has 0 radical (unpaired) electrons. The third kappa shape index (κ3) is 2.87. The molecule has 0 unspecified atom stereocenters. The van der Waals surface area contributed by atoms with Crippen molar-refractivity contribution in [1.29, 1.82) is 5.26 Å². The van der Waals surface area contributed by atoms with Crippen molar-refractivity contribution in [1.82, 2.24) is 0 Å². The monoisotopic (exact) mass is 261 g/mol. The van der Waals surface area contributed by atoms with Crippen molar-refractivity contribution < 1.29 is 13.7 Å². The van der Waals surface area contributed by atoms with E-state index in [2.05, 4.69) is 5.32 Å². The molecule has 1 heterocycles. The Morgan fingerprint density at radius 1 is 1.42 bits per heavy atom. The Morgan fingerprint density at radius 2 is 2.21 bits per heavy atom. The average molecular weight is 261 g/mol. The first-order valence-electron chi connectivity index (χ1n) is 5.27. The van der Waals surface area contributed by atoms with E-state index in [1.807, 2.05) is 6.07 Å². The van der Waals surface area contributed by atoms with Crippen LogP contribution >= 0.6 is 0 Å². The number of hydrogen-bond acceptors (Lipinski definition) is 5. The van der Waals surface area contributed by atoms with Crippen LogP contribution in [0.5, 0.6) is 0 Å². The summed E-state index contributed by atoms with van der Waals surface area (Å²) in [5.74, 6) is -0.0172. The molecule has 0 fully saturated rings. The largest absolute Gasteiger partial charge is 0.449 e. The Morgan fingerprint density at radius 3 is 2.84 bits per heavy atom. The molecule has 0 saturated carbocycles. The maximum absolute atomic E-state index is 13.4. The molecule has 0 amide bonds. The lowest BCUT2D eigenvalue weighted by atomic mass is 10.2. The van der Waals surface area contributed by atoms with Gasteiger partial charge in [0.25, 0.3) is 5.69 Å². The summed E-state index contributed by atoms with van der Waals surface area (Å²) in [6, 6.07) is 8.08. The second-order valence-electron chi connectivity index (χ2n) is 3.65. The summed E-state index contributed by atoms with van der Waals surface area (Å²) in [6.07, 6.45) is 0. The van der Waals surface area contributed by atoms with Crippen molar-refractivity contribution in [2.75, 3.05) is 5.32 Å². The van der Waals surface area contributed by atoms with E-state index in [0.717, 1.165) is 18.2 Å². The van der Waals surface area contributed by atoms with Gasteiger partial charge in [-0.25, -0.2) is 4.39 Å². The molecule has 1 aromatic heterocycles. The van der Waals surface area contributed by atoms with Crippen LogP contribution in [-0.4, -0.2) is 4.92 Å². The zero-order valence-electron chi connectivity index (χ0n) is 9.59. The lowest BCUT2D eigenvalue weighted by molar-refractivity contribution is -0.384. The molecule has 2 aromatic rings. The average Bonchev–Trinajstić information content (AvgIpc) is 2.85. The van der Waals surface area contributed by atoms with Crippen LogP contribution in [0.3, 0.4) is 0 Å². The minimum Gasteiger partial charge on any atom is -0.449 e. The summed E-state index contributed by atoms with van der Waals surface area (Å²) in [7, 11) is 0. The minimum absolute atomic E-state index is 0.00380. The standard InChI is InChI=1S/C12H8FN3O3/c13-11-4-1-8(16(17)18)5-12(11)15-7-10-3-2-9(6-14)19-10/h1-5,15H,7H2. The van der Waals surface area contributed by atoms with E-state index in [0.29, 0.717) is 5.76 Å². The quantitative estimate of drug-likeness (QED) is 0.674. The smallest absolute Gasteiger partial charge is 0.271 e. The van der Waals surface area contributed by atoms with Crippen LogP contribution in [0.2, 0.25) is 0 Å². The van der Waals surface area contributed by atoms with Gasteiger partial charge >= 0.3 is 0 Å². The molecule has 19 heavy (non-hydrogen) atoms. The Balaban J connectivity index is 2.12. The maximum Gasteiger partial charge on any atom is 0.271 e. The number of halogens is 1. The third-order valence-electron chi connectivity index (χ3n) is 2.39. The maximum atomic E-state index is 13.4. The van der Waals surface area contributed by atoms with Gasteiger partial charge in [0.2, 0.25) is 5.76 Å². The van der Waals surface area contributed by atoms with Crippen molar-refractivity contribution >= 4 is 11.4 Å². The fourth-order valence-electron chi connectivity index (χ4n) is 1.48. The Kier molecular flexibility index (Phi) is 3.43. The van der Waals surface area contributed by atoms with Crippen LogP contribution < -0.4 is 5.32 Å². The van der Waals surface area contributed by atoms with Gasteiger partial charge in [-0.1, -0.05) is 0 Å². The molecule has 0 aliphatic carbocycles. The van der Waals surface area contributed by atoms with Gasteiger partial charge in [-0.3, -0.25) is 10.1 Å². The lowest BCUT2D eigenvalue weighted by Crippen LogP contribution is -2.01. The summed E-state index contributed by atoms with van der Waals surface area (Å²) in [6.45, 7) is 0.125. The van der Waals surface area contributed by atoms with Crippen LogP contribution in [0.4, 0.5) is 15.8 Å². The highest BCUT2D eigenvalue weighted by Crippen LogP contribution is 2.22. The molecule has 1 N–H and O–H groups in total. The lowest BCUT2D eigenvalue weighted by Gasteiger charge is -2.05. The minimum atomic E-state index is -0.606. The third-order valence-corrected chi connectivity index (χ3v) is 2.39. The molecule has 0 bridgehead atoms. The van der Waals surface area contributed by atoms with Gasteiger partial charge < -0.3 is 9.73 Å². The highest BCUT2D eigenvalue weighted by Gasteiger charge is 2.11. The van der Waals surface area contributed by atoms with Gasteiger partial charge in [0, 0.05) is 12.1 Å². The van der Waals surface area contributed by atoms with E-state index >= 15 is 0 Å². The summed E-state index contributed by atoms with van der Waals surface area (Å²) in [4.78, 5) is 9.98. The second kappa shape index (κ2) is 5.18. The normalized spacial score (nSPS) is 9.89. The van der Waals surface area contributed by atoms with Crippen molar-refractivity contribution in [3.05, 3.63) is 57.8 Å². The van der Waals surface area contributed by atoms with E-state index in [-0.39, 0.29) is 23.7 Å². The predicted octanol–water partition coefficient (Wildman–Crippen LogP) is 2.81. The number of benzene rings is 1. The fraction of sp³-hybridized carbons (Fsp3) is 0.0833. The van der Waals surface area contributed by atoms with Crippen LogP contribution in [-0.2, 0) is 6.54 Å². The molecular formula is C12H8FN3O3. The van der Waals surface area contributed by atoms with Gasteiger partial charge in [-0.05, 0) is 18.2 Å². The molecule has 0 aliphatic rings. The van der Waals surface area contributed by atoms with Crippen LogP contribution in [0.25, 0.3) is 0 Å². The molecule has 0 aliphatic heterocycles. The number of nitrogens with one attached hydrogen (secondary N) is 1. The zero-order valence-corrected chi connectivity index (χ0v) is 9.59. The zero-order chi connectivity index (χ0) is 13.8. The Hall–Kier alpha value is -2.88. The highest BCUT2D eigenvalue weighted by molar-refractivity contribution is 5.52. The molecule has 0 saturated heterocycles. The molecule has 0 atom stereocenters. The highest BCUT2D eigenvalue weighted by atomic mass is 19.1. The van der Waals surface area contributed by atoms with Gasteiger partial charge in [-0.15, -0.1) is 0 Å². The van der Waals surface area contributed by atoms with E-state index in [1.54, 1.807) is 6.07 Å². The SMILES string of the molecule is N#Cc1ccc(CNc2cc([N+](=O)[O-])ccc2F)o1. The van der Waals surface area contributed by atoms with Crippen molar-refractivity contribution in [2.24, 2.45) is 0 Å². The molecule has 0 spiro atoms. The Labute approximate surface area is 107 Å². The first-order valence-corrected chi connectivity index (χ1v) is 5.27. The van der Waals surface area contributed by atoms with Gasteiger partial charge in [0.1, 0.15) is 17.6 Å². The summed E-state index contributed by atoms with van der Waals surface area (Å²) >= 11 is 0. The summed E-state index contributed by atoms with van der Waals surface area (Å²) in [5, 5.41) is 21.8. The number of nitro benzene ring substituents is 1. The van der Waals surface area contributed by atoms with Crippen molar-refractivity contribution in [2.45, 2.75) is 6.54 Å². The number of non-ortho nitro benzene ring substituents is 1. The fourth-order valence-corrected chi connectivity index (χ4v) is 1.48. The van der Waals surface area contributed by atoms with E-state index in [9.17, 15) is 14.5 Å². The molecule has 6 nitrogen and oxygen atoms in total. The topological polar surface area (TPSA) is 92.1 Å². The first-order chi connectivity index (χ1) is 9.10. The van der Waals surface area contributed by atoms with Crippen LogP contribution in [0, 0.1) is 27.3 Å². The summed E-state index contributed by atoms with van der Waals surface area (Å²) in [5.41, 5.74) is -0.204. The number of nitro groups is 1. The predicted molar refractivity (Wildman–Crippen MR) is 63.8 cm³/mol. The van der Waals surface area contributed by atoms with Crippen LogP contribution in [0.15, 0.2) is 34.7 Å². The molecular weight excluding hydrogens is 253 g/mol. The summed E-state index contributed by atoms with van der Waals surface area (Å²) < 4.78 is 18.5. The first kappa shape index (κ1) is 12.6. The van der Waals surface area contributed by atoms with E-state index in [4.69, 9.17) is 9.68 Å².